The van der Waals surface area contributed by atoms with Gasteiger partial charge in [0.25, 0.3) is 0 Å². The molecule has 0 atom stereocenters. The Morgan fingerprint density at radius 3 is 2.35 bits per heavy atom. The van der Waals surface area contributed by atoms with Gasteiger partial charge >= 0.3 is 0 Å². The topological polar surface area (TPSA) is 35.5 Å². The van der Waals surface area contributed by atoms with E-state index in [1.165, 1.54) is 25.7 Å². The standard InChI is InChI=1S/C17H24O3/c1-12-10-16(19-2)17(20-3)11-14(12)15(18)9-8-13-6-4-5-7-13/h10-11,13H,4-9H2,1-3H3. The average molecular weight is 276 g/mol. The molecule has 0 N–H and O–H groups in total. The molecule has 0 heterocycles. The number of ether oxygens (including phenoxy) is 2. The Hall–Kier alpha value is -1.51. The number of aryl methyl sites for hydroxylation is 1. The van der Waals surface area contributed by atoms with E-state index in [1.54, 1.807) is 14.2 Å². The molecule has 0 aliphatic heterocycles. The van der Waals surface area contributed by atoms with E-state index in [2.05, 4.69) is 0 Å². The zero-order valence-electron chi connectivity index (χ0n) is 12.7. The third-order valence-corrected chi connectivity index (χ3v) is 4.29. The van der Waals surface area contributed by atoms with Gasteiger partial charge in [-0.3, -0.25) is 4.79 Å². The molecule has 1 saturated carbocycles. The second-order valence-corrected chi connectivity index (χ2v) is 5.63. The number of carbonyl (C=O) groups excluding carboxylic acids is 1. The molecule has 1 aromatic carbocycles. The van der Waals surface area contributed by atoms with E-state index in [-0.39, 0.29) is 5.78 Å². The summed E-state index contributed by atoms with van der Waals surface area (Å²) in [7, 11) is 3.21. The number of ketones is 1. The van der Waals surface area contributed by atoms with Gasteiger partial charge in [0.2, 0.25) is 0 Å². The van der Waals surface area contributed by atoms with Crippen LogP contribution in [0, 0.1) is 12.8 Å². The SMILES string of the molecule is COc1cc(C)c(C(=O)CCC2CCCC2)cc1OC. The maximum Gasteiger partial charge on any atom is 0.163 e. The summed E-state index contributed by atoms with van der Waals surface area (Å²) in [6.07, 6.45) is 6.90. The molecule has 0 amide bonds. The van der Waals surface area contributed by atoms with Crippen molar-refractivity contribution < 1.29 is 14.3 Å². The summed E-state index contributed by atoms with van der Waals surface area (Å²) in [5.41, 5.74) is 1.72. The third-order valence-electron chi connectivity index (χ3n) is 4.29. The van der Waals surface area contributed by atoms with Gasteiger partial charge in [0.15, 0.2) is 17.3 Å². The molecule has 1 aromatic rings. The second kappa shape index (κ2) is 6.78. The lowest BCUT2D eigenvalue weighted by molar-refractivity contribution is 0.0973. The summed E-state index contributed by atoms with van der Waals surface area (Å²) >= 11 is 0. The summed E-state index contributed by atoms with van der Waals surface area (Å²) in [6.45, 7) is 1.95. The Balaban J connectivity index is 2.08. The van der Waals surface area contributed by atoms with E-state index in [4.69, 9.17) is 9.47 Å². The summed E-state index contributed by atoms with van der Waals surface area (Å²) in [5.74, 6) is 2.27. The molecule has 1 fully saturated rings. The first-order chi connectivity index (χ1) is 9.65. The first-order valence-corrected chi connectivity index (χ1v) is 7.41. The zero-order valence-corrected chi connectivity index (χ0v) is 12.7. The van der Waals surface area contributed by atoms with Crippen LogP contribution in [0.3, 0.4) is 0 Å². The maximum absolute atomic E-state index is 12.4. The molecule has 0 aromatic heterocycles. The quantitative estimate of drug-likeness (QED) is 0.732. The van der Waals surface area contributed by atoms with Crippen molar-refractivity contribution in [2.45, 2.75) is 45.4 Å². The third kappa shape index (κ3) is 3.33. The number of rotatable bonds is 6. The summed E-state index contributed by atoms with van der Waals surface area (Å²) in [6, 6.07) is 3.69. The minimum Gasteiger partial charge on any atom is -0.493 e. The number of methoxy groups -OCH3 is 2. The highest BCUT2D eigenvalue weighted by Crippen LogP contribution is 2.32. The van der Waals surface area contributed by atoms with Crippen LogP contribution in [0.5, 0.6) is 11.5 Å². The Kier molecular flexibility index (Phi) is 5.05. The fourth-order valence-corrected chi connectivity index (χ4v) is 3.05. The van der Waals surface area contributed by atoms with E-state index >= 15 is 0 Å². The van der Waals surface area contributed by atoms with Crippen LogP contribution in [0.1, 0.15) is 54.4 Å². The van der Waals surface area contributed by atoms with Crippen LogP contribution < -0.4 is 9.47 Å². The van der Waals surface area contributed by atoms with Gasteiger partial charge in [-0.15, -0.1) is 0 Å². The Morgan fingerprint density at radius 2 is 1.75 bits per heavy atom. The van der Waals surface area contributed by atoms with E-state index in [1.807, 2.05) is 19.1 Å². The number of carbonyl (C=O) groups is 1. The van der Waals surface area contributed by atoms with Crippen molar-refractivity contribution in [3.05, 3.63) is 23.3 Å². The first kappa shape index (κ1) is 14.9. The van der Waals surface area contributed by atoms with E-state index in [0.29, 0.717) is 17.9 Å². The molecule has 1 aliphatic carbocycles. The molecule has 0 saturated heterocycles. The van der Waals surface area contributed by atoms with Crippen LogP contribution in [-0.2, 0) is 0 Å². The van der Waals surface area contributed by atoms with Crippen LogP contribution in [0.4, 0.5) is 0 Å². The summed E-state index contributed by atoms with van der Waals surface area (Å²) in [4.78, 5) is 12.4. The van der Waals surface area contributed by atoms with Crippen LogP contribution in [0.2, 0.25) is 0 Å². The highest BCUT2D eigenvalue weighted by Gasteiger charge is 2.19. The van der Waals surface area contributed by atoms with Gasteiger partial charge in [0.05, 0.1) is 14.2 Å². The Bertz CT molecular complexity index is 473. The van der Waals surface area contributed by atoms with Crippen LogP contribution in [0.25, 0.3) is 0 Å². The van der Waals surface area contributed by atoms with Crippen LogP contribution >= 0.6 is 0 Å². The number of hydrogen-bond donors (Lipinski definition) is 0. The fourth-order valence-electron chi connectivity index (χ4n) is 3.05. The van der Waals surface area contributed by atoms with Gasteiger partial charge in [0.1, 0.15) is 0 Å². The normalized spacial score (nSPS) is 15.3. The van der Waals surface area contributed by atoms with Gasteiger partial charge in [-0.2, -0.15) is 0 Å². The summed E-state index contributed by atoms with van der Waals surface area (Å²) in [5, 5.41) is 0. The molecule has 3 nitrogen and oxygen atoms in total. The molecule has 0 unspecified atom stereocenters. The van der Waals surface area contributed by atoms with Crippen molar-refractivity contribution in [1.29, 1.82) is 0 Å². The molecular formula is C17H24O3. The first-order valence-electron chi connectivity index (χ1n) is 7.41. The lowest BCUT2D eigenvalue weighted by atomic mass is 9.95. The molecule has 1 aliphatic rings. The monoisotopic (exact) mass is 276 g/mol. The largest absolute Gasteiger partial charge is 0.493 e. The van der Waals surface area contributed by atoms with Gasteiger partial charge in [-0.25, -0.2) is 0 Å². The predicted octanol–water partition coefficient (Wildman–Crippen LogP) is 4.17. The van der Waals surface area contributed by atoms with Crippen LogP contribution in [0.15, 0.2) is 12.1 Å². The Labute approximate surface area is 121 Å². The number of Topliss-reactive ketones (excluding diaryl/α,β-unsaturated/α-hetero) is 1. The molecule has 0 spiro atoms. The molecule has 2 rings (SSSR count). The number of hydrogen-bond acceptors (Lipinski definition) is 3. The molecule has 3 heteroatoms. The van der Waals surface area contributed by atoms with E-state index in [9.17, 15) is 4.79 Å². The molecule has 110 valence electrons. The van der Waals surface area contributed by atoms with Crippen molar-refractivity contribution in [1.82, 2.24) is 0 Å². The van der Waals surface area contributed by atoms with Crippen molar-refractivity contribution in [2.75, 3.05) is 14.2 Å². The maximum atomic E-state index is 12.4. The van der Waals surface area contributed by atoms with Gasteiger partial charge < -0.3 is 9.47 Å². The smallest absolute Gasteiger partial charge is 0.163 e. The summed E-state index contributed by atoms with van der Waals surface area (Å²) < 4.78 is 10.5. The van der Waals surface area contributed by atoms with Gasteiger partial charge in [-0.1, -0.05) is 25.7 Å². The van der Waals surface area contributed by atoms with Crippen molar-refractivity contribution in [3.63, 3.8) is 0 Å². The van der Waals surface area contributed by atoms with E-state index < -0.39 is 0 Å². The zero-order chi connectivity index (χ0) is 14.5. The van der Waals surface area contributed by atoms with Crippen molar-refractivity contribution in [2.24, 2.45) is 5.92 Å². The van der Waals surface area contributed by atoms with Crippen molar-refractivity contribution >= 4 is 5.78 Å². The molecule has 0 bridgehead atoms. The second-order valence-electron chi connectivity index (χ2n) is 5.63. The van der Waals surface area contributed by atoms with Crippen molar-refractivity contribution in [3.8, 4) is 11.5 Å². The van der Waals surface area contributed by atoms with Crippen LogP contribution in [-0.4, -0.2) is 20.0 Å². The molecular weight excluding hydrogens is 252 g/mol. The van der Waals surface area contributed by atoms with Gasteiger partial charge in [0, 0.05) is 12.0 Å². The van der Waals surface area contributed by atoms with E-state index in [0.717, 1.165) is 23.5 Å². The molecule has 20 heavy (non-hydrogen) atoms. The highest BCUT2D eigenvalue weighted by atomic mass is 16.5. The van der Waals surface area contributed by atoms with Gasteiger partial charge in [-0.05, 0) is 37.0 Å². The average Bonchev–Trinajstić information content (AvgIpc) is 2.97. The minimum atomic E-state index is 0.218. The minimum absolute atomic E-state index is 0.218. The fraction of sp³-hybridized carbons (Fsp3) is 0.588. The lowest BCUT2D eigenvalue weighted by Crippen LogP contribution is -2.06. The molecule has 0 radical (unpaired) electrons. The Morgan fingerprint density at radius 1 is 1.15 bits per heavy atom. The lowest BCUT2D eigenvalue weighted by Gasteiger charge is -2.13. The predicted molar refractivity (Wildman–Crippen MR) is 79.8 cm³/mol. The highest BCUT2D eigenvalue weighted by molar-refractivity contribution is 5.98. The number of benzene rings is 1.